The summed E-state index contributed by atoms with van der Waals surface area (Å²) in [5.41, 5.74) is 2.50. The molecule has 2 aliphatic heterocycles. The van der Waals surface area contributed by atoms with Crippen LogP contribution < -0.4 is 0 Å². The molecule has 3 rings (SSSR count). The van der Waals surface area contributed by atoms with Gasteiger partial charge < -0.3 is 9.80 Å². The fraction of sp³-hybridized carbons (Fsp3) is 0.640. The number of hydrogen-bond donors (Lipinski definition) is 0. The van der Waals surface area contributed by atoms with Crippen molar-refractivity contribution in [3.63, 3.8) is 0 Å². The number of nitrogens with zero attached hydrogens (tertiary/aromatic N) is 3. The van der Waals surface area contributed by atoms with E-state index in [1.54, 1.807) is 0 Å². The minimum absolute atomic E-state index is 0.166. The van der Waals surface area contributed by atoms with Gasteiger partial charge in [-0.15, -0.1) is 0 Å². The van der Waals surface area contributed by atoms with Crippen LogP contribution in [0.25, 0.3) is 0 Å². The van der Waals surface area contributed by atoms with Crippen LogP contribution in [0.5, 0.6) is 0 Å². The molecule has 0 radical (unpaired) electrons. The maximum atomic E-state index is 13.0. The van der Waals surface area contributed by atoms with Crippen molar-refractivity contribution in [1.29, 1.82) is 0 Å². The number of carbonyl (C=O) groups is 1. The molecule has 0 aliphatic carbocycles. The monoisotopic (exact) mass is 397 g/mol. The quantitative estimate of drug-likeness (QED) is 0.624. The van der Waals surface area contributed by atoms with Gasteiger partial charge >= 0.3 is 0 Å². The van der Waals surface area contributed by atoms with E-state index in [1.807, 2.05) is 11.8 Å². The lowest BCUT2D eigenvalue weighted by Gasteiger charge is -2.42. The van der Waals surface area contributed by atoms with Crippen LogP contribution in [-0.4, -0.2) is 72.5 Å². The molecule has 0 N–H and O–H groups in total. The van der Waals surface area contributed by atoms with Crippen LogP contribution in [0.2, 0.25) is 0 Å². The van der Waals surface area contributed by atoms with E-state index >= 15 is 0 Å². The van der Waals surface area contributed by atoms with Crippen LogP contribution in [0.4, 0.5) is 0 Å². The molecule has 0 unspecified atom stereocenters. The third-order valence-electron chi connectivity index (χ3n) is 6.59. The Morgan fingerprint density at radius 1 is 1.14 bits per heavy atom. The van der Waals surface area contributed by atoms with Gasteiger partial charge in [-0.05, 0) is 71.1 Å². The molecule has 0 aromatic heterocycles. The number of carbonyl (C=O) groups excluding carboxylic acids is 1. The molecule has 0 spiro atoms. The summed E-state index contributed by atoms with van der Waals surface area (Å²) >= 11 is 0. The van der Waals surface area contributed by atoms with Gasteiger partial charge in [0, 0.05) is 32.2 Å². The summed E-state index contributed by atoms with van der Waals surface area (Å²) < 4.78 is 0. The number of likely N-dealkylation sites (N-methyl/N-ethyl adjacent to an activating group) is 1. The smallest absolute Gasteiger partial charge is 0.227 e. The van der Waals surface area contributed by atoms with Crippen LogP contribution >= 0.6 is 0 Å². The molecule has 4 nitrogen and oxygen atoms in total. The first kappa shape index (κ1) is 22.0. The van der Waals surface area contributed by atoms with Gasteiger partial charge in [0.15, 0.2) is 0 Å². The molecule has 0 saturated carbocycles. The van der Waals surface area contributed by atoms with Crippen LogP contribution in [0.15, 0.2) is 42.5 Å². The van der Waals surface area contributed by atoms with Crippen molar-refractivity contribution in [2.75, 3.05) is 45.8 Å². The molecule has 2 heterocycles. The Balaban J connectivity index is 1.45. The maximum absolute atomic E-state index is 13.0. The van der Waals surface area contributed by atoms with Gasteiger partial charge in [0.2, 0.25) is 5.91 Å². The highest BCUT2D eigenvalue weighted by Gasteiger charge is 2.33. The highest BCUT2D eigenvalue weighted by molar-refractivity contribution is 5.79. The predicted molar refractivity (Wildman–Crippen MR) is 121 cm³/mol. The van der Waals surface area contributed by atoms with Crippen LogP contribution in [-0.2, 0) is 11.2 Å². The zero-order chi connectivity index (χ0) is 20.6. The number of likely N-dealkylation sites (tertiary alicyclic amines) is 2. The number of rotatable bonds is 8. The summed E-state index contributed by atoms with van der Waals surface area (Å²) in [4.78, 5) is 20.2. The van der Waals surface area contributed by atoms with Gasteiger partial charge in [0.25, 0.3) is 0 Å². The van der Waals surface area contributed by atoms with Crippen molar-refractivity contribution in [2.24, 2.45) is 5.92 Å². The van der Waals surface area contributed by atoms with E-state index in [-0.39, 0.29) is 5.92 Å². The van der Waals surface area contributed by atoms with Gasteiger partial charge in [0.1, 0.15) is 0 Å². The molecular weight excluding hydrogens is 358 g/mol. The van der Waals surface area contributed by atoms with Gasteiger partial charge in [-0.1, -0.05) is 42.5 Å². The molecule has 1 amide bonds. The average molecular weight is 398 g/mol. The number of amides is 1. The van der Waals surface area contributed by atoms with Crippen molar-refractivity contribution < 1.29 is 4.79 Å². The van der Waals surface area contributed by atoms with Crippen molar-refractivity contribution in [3.8, 4) is 0 Å². The van der Waals surface area contributed by atoms with Gasteiger partial charge in [-0.25, -0.2) is 0 Å². The fourth-order valence-electron chi connectivity index (χ4n) is 4.91. The zero-order valence-corrected chi connectivity index (χ0v) is 18.5. The Hall–Kier alpha value is -1.65. The van der Waals surface area contributed by atoms with E-state index in [4.69, 9.17) is 0 Å². The largest absolute Gasteiger partial charge is 0.339 e. The highest BCUT2D eigenvalue weighted by Crippen LogP contribution is 2.25. The zero-order valence-electron chi connectivity index (χ0n) is 18.5. The normalized spacial score (nSPS) is 21.8. The van der Waals surface area contributed by atoms with Crippen LogP contribution in [0, 0.1) is 5.92 Å². The average Bonchev–Trinajstić information content (AvgIpc) is 2.76. The second-order valence-electron chi connectivity index (χ2n) is 8.95. The molecule has 2 saturated heterocycles. The van der Waals surface area contributed by atoms with Crippen molar-refractivity contribution in [3.05, 3.63) is 48.0 Å². The number of hydrogen-bond acceptors (Lipinski definition) is 3. The molecule has 1 atom stereocenters. The second-order valence-corrected chi connectivity index (χ2v) is 8.95. The molecule has 1 aromatic rings. The third-order valence-corrected chi connectivity index (χ3v) is 6.59. The third kappa shape index (κ3) is 6.42. The minimum atomic E-state index is 0.166. The Bertz CT molecular complexity index is 651. The fourth-order valence-corrected chi connectivity index (χ4v) is 4.91. The van der Waals surface area contributed by atoms with E-state index in [0.717, 1.165) is 51.0 Å². The molecule has 160 valence electrons. The molecular formula is C25H39N3O. The Morgan fingerprint density at radius 3 is 2.52 bits per heavy atom. The Morgan fingerprint density at radius 2 is 1.86 bits per heavy atom. The molecule has 29 heavy (non-hydrogen) atoms. The molecule has 4 heteroatoms. The SMILES string of the molecule is C=C(C)CN(CC)C(=O)[C@H]1CCCN(C2CCN(CCc3ccccc3)CC2)C1. The van der Waals surface area contributed by atoms with Crippen LogP contribution in [0.1, 0.15) is 45.1 Å². The Labute approximate surface area is 177 Å². The van der Waals surface area contributed by atoms with Gasteiger partial charge in [0.05, 0.1) is 5.92 Å². The van der Waals surface area contributed by atoms with Crippen molar-refractivity contribution in [2.45, 2.75) is 52.0 Å². The van der Waals surface area contributed by atoms with Gasteiger partial charge in [-0.2, -0.15) is 0 Å². The topological polar surface area (TPSA) is 26.8 Å². The first-order chi connectivity index (χ1) is 14.1. The number of benzene rings is 1. The maximum Gasteiger partial charge on any atom is 0.227 e. The summed E-state index contributed by atoms with van der Waals surface area (Å²) in [6.07, 6.45) is 5.80. The standard InChI is InChI=1S/C25H39N3O/c1-4-27(19-21(2)3)25(29)23-11-8-15-28(20-23)24-13-17-26(18-14-24)16-12-22-9-6-5-7-10-22/h5-7,9-10,23-24H,2,4,8,11-20H2,1,3H3/t23-/m0/s1. The van der Waals surface area contributed by atoms with Crippen molar-refractivity contribution >= 4 is 5.91 Å². The summed E-state index contributed by atoms with van der Waals surface area (Å²) in [5.74, 6) is 0.500. The van der Waals surface area contributed by atoms with E-state index in [9.17, 15) is 4.79 Å². The first-order valence-corrected chi connectivity index (χ1v) is 11.5. The predicted octanol–water partition coefficient (Wildman–Crippen LogP) is 3.83. The molecule has 0 bridgehead atoms. The minimum Gasteiger partial charge on any atom is -0.339 e. The van der Waals surface area contributed by atoms with Crippen LogP contribution in [0.3, 0.4) is 0 Å². The molecule has 2 fully saturated rings. The van der Waals surface area contributed by atoms with Crippen molar-refractivity contribution in [1.82, 2.24) is 14.7 Å². The summed E-state index contributed by atoms with van der Waals surface area (Å²) in [6.45, 7) is 15.2. The Kier molecular flexibility index (Phi) is 8.31. The second kappa shape index (κ2) is 10.9. The lowest BCUT2D eigenvalue weighted by atomic mass is 9.92. The van der Waals surface area contributed by atoms with E-state index < -0.39 is 0 Å². The lowest BCUT2D eigenvalue weighted by Crippen LogP contribution is -2.51. The lowest BCUT2D eigenvalue weighted by molar-refractivity contribution is -0.137. The molecule has 2 aliphatic rings. The van der Waals surface area contributed by atoms with E-state index in [0.29, 0.717) is 18.5 Å². The number of piperidine rings is 2. The van der Waals surface area contributed by atoms with E-state index in [1.165, 1.54) is 31.5 Å². The molecule has 1 aromatic carbocycles. The summed E-state index contributed by atoms with van der Waals surface area (Å²) in [5, 5.41) is 0. The van der Waals surface area contributed by atoms with Gasteiger partial charge in [-0.3, -0.25) is 9.69 Å². The first-order valence-electron chi connectivity index (χ1n) is 11.5. The highest BCUT2D eigenvalue weighted by atomic mass is 16.2. The summed E-state index contributed by atoms with van der Waals surface area (Å²) in [6, 6.07) is 11.5. The van der Waals surface area contributed by atoms with E-state index in [2.05, 4.69) is 53.6 Å². The summed E-state index contributed by atoms with van der Waals surface area (Å²) in [7, 11) is 0.